The van der Waals surface area contributed by atoms with Gasteiger partial charge in [-0.2, -0.15) is 0 Å². The van der Waals surface area contributed by atoms with E-state index in [0.717, 1.165) is 0 Å². The number of rotatable bonds is 2. The SMILES string of the molecule is O=NC1C(Cl)=C(Cl)C(N=O)C(Cl)=C1Cl. The van der Waals surface area contributed by atoms with Crippen molar-refractivity contribution in [2.75, 3.05) is 0 Å². The van der Waals surface area contributed by atoms with Gasteiger partial charge in [-0.05, 0) is 0 Å². The van der Waals surface area contributed by atoms with Crippen LogP contribution < -0.4 is 0 Å². The molecule has 0 N–H and O–H groups in total. The van der Waals surface area contributed by atoms with Crippen molar-refractivity contribution in [2.45, 2.75) is 12.1 Å². The van der Waals surface area contributed by atoms with Crippen LogP contribution >= 0.6 is 46.4 Å². The molecule has 0 aromatic heterocycles. The van der Waals surface area contributed by atoms with Gasteiger partial charge in [-0.15, -0.1) is 9.81 Å². The van der Waals surface area contributed by atoms with E-state index in [1.165, 1.54) is 0 Å². The molecule has 0 atom stereocenters. The van der Waals surface area contributed by atoms with Crippen LogP contribution in [-0.2, 0) is 0 Å². The van der Waals surface area contributed by atoms with Gasteiger partial charge < -0.3 is 0 Å². The first kappa shape index (κ1) is 11.9. The van der Waals surface area contributed by atoms with Crippen molar-refractivity contribution in [3.63, 3.8) is 0 Å². The molecule has 0 saturated carbocycles. The zero-order valence-corrected chi connectivity index (χ0v) is 9.40. The lowest BCUT2D eigenvalue weighted by atomic mass is 10.1. The Hall–Kier alpha value is -0.160. The van der Waals surface area contributed by atoms with Crippen molar-refractivity contribution in [1.82, 2.24) is 0 Å². The van der Waals surface area contributed by atoms with Crippen LogP contribution in [0, 0.1) is 9.81 Å². The zero-order valence-electron chi connectivity index (χ0n) is 6.38. The Bertz CT molecular complexity index is 294. The largest absolute Gasteiger partial charge is 0.165 e. The van der Waals surface area contributed by atoms with E-state index in [2.05, 4.69) is 10.4 Å². The molecule has 8 heteroatoms. The summed E-state index contributed by atoms with van der Waals surface area (Å²) in [5.74, 6) is 0. The fourth-order valence-electron chi connectivity index (χ4n) is 0.930. The van der Waals surface area contributed by atoms with Crippen LogP contribution in [0.25, 0.3) is 0 Å². The predicted octanol–water partition coefficient (Wildman–Crippen LogP) is 3.65. The highest BCUT2D eigenvalue weighted by Crippen LogP contribution is 2.41. The van der Waals surface area contributed by atoms with Crippen LogP contribution in [0.3, 0.4) is 0 Å². The van der Waals surface area contributed by atoms with E-state index in [9.17, 15) is 9.81 Å². The number of nitrogens with zero attached hydrogens (tertiary/aromatic N) is 2. The van der Waals surface area contributed by atoms with Gasteiger partial charge in [0.1, 0.15) is 0 Å². The highest BCUT2D eigenvalue weighted by molar-refractivity contribution is 6.46. The summed E-state index contributed by atoms with van der Waals surface area (Å²) in [5.41, 5.74) is 0. The molecule has 0 heterocycles. The van der Waals surface area contributed by atoms with Gasteiger partial charge in [-0.1, -0.05) is 56.8 Å². The molecule has 14 heavy (non-hydrogen) atoms. The van der Waals surface area contributed by atoms with Gasteiger partial charge in [0.25, 0.3) is 0 Å². The fraction of sp³-hybridized carbons (Fsp3) is 0.333. The molecule has 1 rings (SSSR count). The molecule has 76 valence electrons. The molecular weight excluding hydrogens is 274 g/mol. The Kier molecular flexibility index (Phi) is 3.89. The van der Waals surface area contributed by atoms with E-state index in [1.807, 2.05) is 0 Å². The second-order valence-electron chi connectivity index (χ2n) is 2.41. The van der Waals surface area contributed by atoms with Crippen LogP contribution in [0.1, 0.15) is 0 Å². The summed E-state index contributed by atoms with van der Waals surface area (Å²) in [5, 5.41) is 4.78. The Labute approximate surface area is 98.8 Å². The lowest BCUT2D eigenvalue weighted by Crippen LogP contribution is -2.20. The third kappa shape index (κ3) is 1.80. The van der Waals surface area contributed by atoms with E-state index in [1.54, 1.807) is 0 Å². The third-order valence-corrected chi connectivity index (χ3v) is 3.46. The summed E-state index contributed by atoms with van der Waals surface area (Å²) in [6, 6.07) is -2.28. The van der Waals surface area contributed by atoms with Gasteiger partial charge in [0.05, 0.1) is 20.1 Å². The van der Waals surface area contributed by atoms with Crippen molar-refractivity contribution in [1.29, 1.82) is 0 Å². The molecule has 4 nitrogen and oxygen atoms in total. The summed E-state index contributed by atoms with van der Waals surface area (Å²) in [6.45, 7) is 0. The predicted molar refractivity (Wildman–Crippen MR) is 56.6 cm³/mol. The molecule has 0 radical (unpaired) electrons. The van der Waals surface area contributed by atoms with Crippen molar-refractivity contribution < 1.29 is 0 Å². The standard InChI is InChI=1S/C6H2Cl4N2O2/c7-1-2(8)6(12-14)4(10)3(9)5(1)11-13/h5-6H. The van der Waals surface area contributed by atoms with Gasteiger partial charge >= 0.3 is 0 Å². The minimum atomic E-state index is -1.14. The van der Waals surface area contributed by atoms with Crippen LogP contribution in [0.15, 0.2) is 30.5 Å². The fourth-order valence-corrected chi connectivity index (χ4v) is 2.05. The molecule has 0 aromatic rings. The topological polar surface area (TPSA) is 58.9 Å². The zero-order chi connectivity index (χ0) is 10.9. The highest BCUT2D eigenvalue weighted by atomic mass is 35.5. The average molecular weight is 276 g/mol. The molecule has 0 spiro atoms. The lowest BCUT2D eigenvalue weighted by molar-refractivity contribution is 0.859. The van der Waals surface area contributed by atoms with Gasteiger partial charge in [0, 0.05) is 0 Å². The molecular formula is C6H2Cl4N2O2. The molecule has 0 amide bonds. The van der Waals surface area contributed by atoms with Crippen LogP contribution in [0.5, 0.6) is 0 Å². The first-order valence-electron chi connectivity index (χ1n) is 3.29. The number of halogens is 4. The smallest absolute Gasteiger partial charge is 0.150 e. The van der Waals surface area contributed by atoms with Crippen LogP contribution in [0.2, 0.25) is 0 Å². The van der Waals surface area contributed by atoms with Crippen LogP contribution in [0.4, 0.5) is 0 Å². The first-order chi connectivity index (χ1) is 6.54. The number of hydrogen-bond acceptors (Lipinski definition) is 4. The molecule has 0 bridgehead atoms. The Morgan fingerprint density at radius 1 is 0.714 bits per heavy atom. The third-order valence-electron chi connectivity index (χ3n) is 1.63. The second kappa shape index (κ2) is 4.57. The van der Waals surface area contributed by atoms with Crippen molar-refractivity contribution in [2.24, 2.45) is 10.4 Å². The van der Waals surface area contributed by atoms with E-state index in [-0.39, 0.29) is 20.1 Å². The molecule has 0 saturated heterocycles. The minimum Gasteiger partial charge on any atom is -0.150 e. The Morgan fingerprint density at radius 2 is 0.929 bits per heavy atom. The summed E-state index contributed by atoms with van der Waals surface area (Å²) in [7, 11) is 0. The summed E-state index contributed by atoms with van der Waals surface area (Å²) in [6.07, 6.45) is 0. The molecule has 1 aliphatic carbocycles. The molecule has 0 aromatic carbocycles. The van der Waals surface area contributed by atoms with Gasteiger partial charge in [-0.3, -0.25) is 0 Å². The van der Waals surface area contributed by atoms with Crippen molar-refractivity contribution in [3.8, 4) is 0 Å². The lowest BCUT2D eigenvalue weighted by Gasteiger charge is -2.20. The summed E-state index contributed by atoms with van der Waals surface area (Å²) in [4.78, 5) is 20.7. The van der Waals surface area contributed by atoms with Gasteiger partial charge in [-0.25, -0.2) is 0 Å². The number of nitroso groups, excluding NO2 is 2. The second-order valence-corrected chi connectivity index (χ2v) is 4.04. The monoisotopic (exact) mass is 274 g/mol. The maximum Gasteiger partial charge on any atom is 0.165 e. The average Bonchev–Trinajstić information content (AvgIpc) is 2.17. The Morgan fingerprint density at radius 3 is 1.07 bits per heavy atom. The highest BCUT2D eigenvalue weighted by Gasteiger charge is 2.35. The Balaban J connectivity index is 3.27. The summed E-state index contributed by atoms with van der Waals surface area (Å²) < 4.78 is 0. The van der Waals surface area contributed by atoms with E-state index in [0.29, 0.717) is 0 Å². The first-order valence-corrected chi connectivity index (χ1v) is 4.80. The van der Waals surface area contributed by atoms with Crippen LogP contribution in [-0.4, -0.2) is 12.1 Å². The maximum absolute atomic E-state index is 10.4. The quantitative estimate of drug-likeness (QED) is 0.722. The molecule has 1 aliphatic rings. The van der Waals surface area contributed by atoms with E-state index < -0.39 is 12.1 Å². The van der Waals surface area contributed by atoms with Crippen molar-refractivity contribution >= 4 is 46.4 Å². The van der Waals surface area contributed by atoms with Crippen molar-refractivity contribution in [3.05, 3.63) is 29.9 Å². The van der Waals surface area contributed by atoms with Gasteiger partial charge in [0.2, 0.25) is 0 Å². The van der Waals surface area contributed by atoms with E-state index >= 15 is 0 Å². The molecule has 0 aliphatic heterocycles. The number of hydrogen-bond donors (Lipinski definition) is 0. The molecule has 0 fully saturated rings. The molecule has 0 unspecified atom stereocenters. The minimum absolute atomic E-state index is 0.124. The maximum atomic E-state index is 10.4. The van der Waals surface area contributed by atoms with Gasteiger partial charge in [0.15, 0.2) is 12.1 Å². The summed E-state index contributed by atoms with van der Waals surface area (Å²) >= 11 is 22.6. The normalized spacial score (nSPS) is 28.0. The van der Waals surface area contributed by atoms with E-state index in [4.69, 9.17) is 46.4 Å².